The molecule has 0 heterocycles. The van der Waals surface area contributed by atoms with Crippen LogP contribution in [0.5, 0.6) is 0 Å². The highest BCUT2D eigenvalue weighted by molar-refractivity contribution is 5.67. The van der Waals surface area contributed by atoms with E-state index in [2.05, 4.69) is 13.2 Å². The van der Waals surface area contributed by atoms with Crippen molar-refractivity contribution in [1.29, 1.82) is 0 Å². The highest BCUT2D eigenvalue weighted by Gasteiger charge is 1.94. The van der Waals surface area contributed by atoms with Crippen molar-refractivity contribution in [2.45, 2.75) is 6.42 Å². The molecule has 0 fully saturated rings. The van der Waals surface area contributed by atoms with E-state index in [1.54, 1.807) is 0 Å². The SMILES string of the molecule is C=CC/C(C=C)=C\c1ccccc1N. The molecule has 72 valence electrons. The van der Waals surface area contributed by atoms with Gasteiger partial charge in [-0.15, -0.1) is 6.58 Å². The van der Waals surface area contributed by atoms with Crippen molar-refractivity contribution >= 4 is 11.8 Å². The zero-order valence-electron chi connectivity index (χ0n) is 8.24. The van der Waals surface area contributed by atoms with Crippen LogP contribution < -0.4 is 5.73 Å². The smallest absolute Gasteiger partial charge is 0.0387 e. The molecule has 1 nitrogen and oxygen atoms in total. The van der Waals surface area contributed by atoms with Crippen molar-refractivity contribution in [2.75, 3.05) is 5.73 Å². The standard InChI is InChI=1S/C13H15N/c1-3-7-11(4-2)10-12-8-5-6-9-13(12)14/h3-6,8-10H,1-2,7,14H2/b11-10-. The number of hydrogen-bond donors (Lipinski definition) is 1. The molecule has 0 radical (unpaired) electrons. The van der Waals surface area contributed by atoms with E-state index in [-0.39, 0.29) is 0 Å². The number of nitrogens with two attached hydrogens (primary N) is 1. The fraction of sp³-hybridized carbons (Fsp3) is 0.0769. The van der Waals surface area contributed by atoms with E-state index in [0.717, 1.165) is 23.2 Å². The summed E-state index contributed by atoms with van der Waals surface area (Å²) in [5, 5.41) is 0. The first-order valence-corrected chi connectivity index (χ1v) is 4.56. The molecule has 1 rings (SSSR count). The minimum Gasteiger partial charge on any atom is -0.398 e. The molecule has 0 spiro atoms. The molecular weight excluding hydrogens is 170 g/mol. The fourth-order valence-electron chi connectivity index (χ4n) is 1.21. The topological polar surface area (TPSA) is 26.0 Å². The number of hydrogen-bond acceptors (Lipinski definition) is 1. The van der Waals surface area contributed by atoms with Crippen molar-refractivity contribution in [2.24, 2.45) is 0 Å². The van der Waals surface area contributed by atoms with Gasteiger partial charge in [-0.1, -0.05) is 36.9 Å². The van der Waals surface area contributed by atoms with Gasteiger partial charge < -0.3 is 5.73 Å². The maximum atomic E-state index is 5.81. The molecule has 0 atom stereocenters. The first-order chi connectivity index (χ1) is 6.77. The molecule has 0 saturated carbocycles. The average Bonchev–Trinajstić information content (AvgIpc) is 2.20. The molecule has 0 aliphatic carbocycles. The summed E-state index contributed by atoms with van der Waals surface area (Å²) >= 11 is 0. The Kier molecular flexibility index (Phi) is 3.74. The van der Waals surface area contributed by atoms with Crippen molar-refractivity contribution < 1.29 is 0 Å². The second kappa shape index (κ2) is 5.07. The number of benzene rings is 1. The van der Waals surface area contributed by atoms with Gasteiger partial charge in [0.2, 0.25) is 0 Å². The predicted octanol–water partition coefficient (Wildman–Crippen LogP) is 3.41. The maximum absolute atomic E-state index is 5.81. The Labute approximate surface area is 85.3 Å². The summed E-state index contributed by atoms with van der Waals surface area (Å²) in [7, 11) is 0. The van der Waals surface area contributed by atoms with E-state index in [9.17, 15) is 0 Å². The second-order valence-corrected chi connectivity index (χ2v) is 3.05. The van der Waals surface area contributed by atoms with Crippen LogP contribution in [0.2, 0.25) is 0 Å². The van der Waals surface area contributed by atoms with Crippen LogP contribution in [-0.4, -0.2) is 0 Å². The van der Waals surface area contributed by atoms with E-state index in [1.165, 1.54) is 0 Å². The normalized spacial score (nSPS) is 11.0. The van der Waals surface area contributed by atoms with Crippen LogP contribution in [0.4, 0.5) is 5.69 Å². The molecule has 1 heteroatoms. The Morgan fingerprint density at radius 2 is 2.00 bits per heavy atom. The molecule has 0 aliphatic heterocycles. The lowest BCUT2D eigenvalue weighted by atomic mass is 10.1. The third-order valence-corrected chi connectivity index (χ3v) is 1.98. The fourth-order valence-corrected chi connectivity index (χ4v) is 1.21. The quantitative estimate of drug-likeness (QED) is 0.434. The molecule has 2 N–H and O–H groups in total. The van der Waals surface area contributed by atoms with Gasteiger partial charge in [0, 0.05) is 5.69 Å². The van der Waals surface area contributed by atoms with Crippen molar-refractivity contribution in [3.8, 4) is 0 Å². The van der Waals surface area contributed by atoms with Crippen LogP contribution in [0.3, 0.4) is 0 Å². The van der Waals surface area contributed by atoms with Crippen LogP contribution in [0.25, 0.3) is 6.08 Å². The molecular formula is C13H15N. The third kappa shape index (κ3) is 2.63. The van der Waals surface area contributed by atoms with Gasteiger partial charge in [-0.25, -0.2) is 0 Å². The zero-order valence-corrected chi connectivity index (χ0v) is 8.24. The Balaban J connectivity index is 2.99. The van der Waals surface area contributed by atoms with Crippen LogP contribution in [-0.2, 0) is 0 Å². The minimum absolute atomic E-state index is 0.788. The summed E-state index contributed by atoms with van der Waals surface area (Å²) in [6.07, 6.45) is 6.53. The van der Waals surface area contributed by atoms with Crippen molar-refractivity contribution in [3.05, 3.63) is 60.7 Å². The van der Waals surface area contributed by atoms with Crippen LogP contribution in [0, 0.1) is 0 Å². The Bertz CT molecular complexity index is 361. The third-order valence-electron chi connectivity index (χ3n) is 1.98. The van der Waals surface area contributed by atoms with E-state index < -0.39 is 0 Å². The van der Waals surface area contributed by atoms with Crippen LogP contribution in [0.1, 0.15) is 12.0 Å². The molecule has 0 aromatic heterocycles. The molecule has 1 aromatic rings. The lowest BCUT2D eigenvalue weighted by Gasteiger charge is -2.01. The number of anilines is 1. The Hall–Kier alpha value is -1.76. The highest BCUT2D eigenvalue weighted by atomic mass is 14.5. The summed E-state index contributed by atoms with van der Waals surface area (Å²) in [6, 6.07) is 7.77. The zero-order chi connectivity index (χ0) is 10.4. The van der Waals surface area contributed by atoms with Gasteiger partial charge in [-0.2, -0.15) is 0 Å². The summed E-state index contributed by atoms with van der Waals surface area (Å²) in [4.78, 5) is 0. The molecule has 14 heavy (non-hydrogen) atoms. The molecule has 0 bridgehead atoms. The van der Waals surface area contributed by atoms with Crippen LogP contribution >= 0.6 is 0 Å². The van der Waals surface area contributed by atoms with Gasteiger partial charge in [-0.05, 0) is 29.7 Å². The van der Waals surface area contributed by atoms with Gasteiger partial charge in [0.15, 0.2) is 0 Å². The Morgan fingerprint density at radius 1 is 1.29 bits per heavy atom. The maximum Gasteiger partial charge on any atom is 0.0387 e. The van der Waals surface area contributed by atoms with Gasteiger partial charge in [0.25, 0.3) is 0 Å². The van der Waals surface area contributed by atoms with Crippen molar-refractivity contribution in [1.82, 2.24) is 0 Å². The largest absolute Gasteiger partial charge is 0.398 e. The van der Waals surface area contributed by atoms with E-state index in [4.69, 9.17) is 5.73 Å². The van der Waals surface area contributed by atoms with Gasteiger partial charge >= 0.3 is 0 Å². The average molecular weight is 185 g/mol. The van der Waals surface area contributed by atoms with Gasteiger partial charge in [0.1, 0.15) is 0 Å². The molecule has 1 aromatic carbocycles. The van der Waals surface area contributed by atoms with Crippen LogP contribution in [0.15, 0.2) is 55.1 Å². The summed E-state index contributed by atoms with van der Waals surface area (Å²) in [5.41, 5.74) is 8.76. The van der Waals surface area contributed by atoms with E-state index >= 15 is 0 Å². The number of allylic oxidation sites excluding steroid dienone is 3. The van der Waals surface area contributed by atoms with Crippen molar-refractivity contribution in [3.63, 3.8) is 0 Å². The Morgan fingerprint density at radius 3 is 2.57 bits per heavy atom. The molecule has 0 aliphatic rings. The first-order valence-electron chi connectivity index (χ1n) is 4.56. The first kappa shape index (κ1) is 10.3. The summed E-state index contributed by atoms with van der Waals surface area (Å²) in [5.74, 6) is 0. The van der Waals surface area contributed by atoms with Gasteiger partial charge in [-0.3, -0.25) is 0 Å². The second-order valence-electron chi connectivity index (χ2n) is 3.05. The molecule has 0 amide bonds. The van der Waals surface area contributed by atoms with Gasteiger partial charge in [0.05, 0.1) is 0 Å². The lowest BCUT2D eigenvalue weighted by molar-refractivity contribution is 1.32. The highest BCUT2D eigenvalue weighted by Crippen LogP contribution is 2.16. The summed E-state index contributed by atoms with van der Waals surface area (Å²) in [6.45, 7) is 7.44. The van der Waals surface area contributed by atoms with E-state index in [0.29, 0.717) is 0 Å². The number of rotatable bonds is 4. The molecule has 0 unspecified atom stereocenters. The minimum atomic E-state index is 0.788. The summed E-state index contributed by atoms with van der Waals surface area (Å²) < 4.78 is 0. The monoisotopic (exact) mass is 185 g/mol. The molecule has 0 saturated heterocycles. The number of nitrogen functional groups attached to an aromatic ring is 1. The van der Waals surface area contributed by atoms with E-state index in [1.807, 2.05) is 42.5 Å². The number of para-hydroxylation sites is 1. The predicted molar refractivity (Wildman–Crippen MR) is 63.8 cm³/mol. The lowest BCUT2D eigenvalue weighted by Crippen LogP contribution is -1.88.